The highest BCUT2D eigenvalue weighted by Gasteiger charge is 2.17. The second-order valence-corrected chi connectivity index (χ2v) is 8.44. The van der Waals surface area contributed by atoms with Gasteiger partial charge in [0.2, 0.25) is 0 Å². The van der Waals surface area contributed by atoms with Crippen molar-refractivity contribution in [3.8, 4) is 23.3 Å². The maximum absolute atomic E-state index is 9.80. The van der Waals surface area contributed by atoms with E-state index in [0.717, 1.165) is 50.0 Å². The molecule has 0 spiro atoms. The fourth-order valence-electron chi connectivity index (χ4n) is 4.43. The Balaban J connectivity index is 1.43. The Hall–Kier alpha value is -4.00. The number of hydrogen-bond acceptors (Lipinski definition) is 9. The van der Waals surface area contributed by atoms with Gasteiger partial charge in [0.1, 0.15) is 11.8 Å². The molecule has 9 nitrogen and oxygen atoms in total. The summed E-state index contributed by atoms with van der Waals surface area (Å²) in [6, 6.07) is 11.5. The van der Waals surface area contributed by atoms with Crippen molar-refractivity contribution in [2.24, 2.45) is 0 Å². The molecule has 0 bridgehead atoms. The number of methoxy groups -OCH3 is 2. The van der Waals surface area contributed by atoms with Gasteiger partial charge < -0.3 is 28.7 Å². The van der Waals surface area contributed by atoms with Crippen molar-refractivity contribution in [3.05, 3.63) is 48.4 Å². The number of rotatable bonds is 9. The number of nitrogens with zero attached hydrogens (tertiary/aromatic N) is 3. The summed E-state index contributed by atoms with van der Waals surface area (Å²) in [6.07, 6.45) is 4.06. The highest BCUT2D eigenvalue weighted by atomic mass is 16.5. The number of benzene rings is 2. The molecule has 2 aromatic heterocycles. The lowest BCUT2D eigenvalue weighted by Crippen LogP contribution is -2.37. The third kappa shape index (κ3) is 4.73. The Morgan fingerprint density at radius 3 is 2.67 bits per heavy atom. The molecule has 0 aliphatic carbocycles. The summed E-state index contributed by atoms with van der Waals surface area (Å²) in [5.41, 5.74) is 3.05. The number of ether oxygens (including phenoxy) is 4. The molecule has 0 saturated carbocycles. The predicted molar refractivity (Wildman–Crippen MR) is 136 cm³/mol. The van der Waals surface area contributed by atoms with E-state index in [1.807, 2.05) is 30.3 Å². The topological polar surface area (TPSA) is 102 Å². The van der Waals surface area contributed by atoms with E-state index in [4.69, 9.17) is 23.4 Å². The number of aromatic nitrogens is 1. The normalized spacial score (nSPS) is 14.0. The molecule has 0 atom stereocenters. The van der Waals surface area contributed by atoms with E-state index in [9.17, 15) is 5.26 Å². The lowest BCUT2D eigenvalue weighted by molar-refractivity contribution is 0.0357. The van der Waals surface area contributed by atoms with Gasteiger partial charge >= 0.3 is 0 Å². The predicted octanol–water partition coefficient (Wildman–Crippen LogP) is 4.71. The van der Waals surface area contributed by atoms with Crippen molar-refractivity contribution in [2.45, 2.75) is 6.42 Å². The zero-order chi connectivity index (χ0) is 24.9. The van der Waals surface area contributed by atoms with E-state index < -0.39 is 0 Å². The van der Waals surface area contributed by atoms with Gasteiger partial charge in [0.25, 0.3) is 0 Å². The van der Waals surface area contributed by atoms with Crippen LogP contribution in [0, 0.1) is 11.3 Å². The van der Waals surface area contributed by atoms with Crippen LogP contribution < -0.4 is 19.5 Å². The van der Waals surface area contributed by atoms with Crippen molar-refractivity contribution < 1.29 is 23.4 Å². The molecule has 9 heteroatoms. The van der Waals surface area contributed by atoms with E-state index >= 15 is 0 Å². The average molecular weight is 489 g/mol. The fraction of sp³-hybridized carbons (Fsp3) is 0.333. The highest BCUT2D eigenvalue weighted by molar-refractivity contribution is 6.01. The molecule has 0 radical (unpaired) electrons. The van der Waals surface area contributed by atoms with Crippen LogP contribution in [0.2, 0.25) is 0 Å². The van der Waals surface area contributed by atoms with Crippen molar-refractivity contribution in [2.75, 3.05) is 59.0 Å². The van der Waals surface area contributed by atoms with Crippen molar-refractivity contribution in [1.29, 1.82) is 5.26 Å². The summed E-state index contributed by atoms with van der Waals surface area (Å²) in [4.78, 5) is 6.89. The first-order chi connectivity index (χ1) is 17.7. The van der Waals surface area contributed by atoms with Gasteiger partial charge in [0.15, 0.2) is 17.1 Å². The molecule has 4 aromatic rings. The van der Waals surface area contributed by atoms with Gasteiger partial charge in [-0.2, -0.15) is 5.26 Å². The van der Waals surface area contributed by atoms with E-state index in [2.05, 4.69) is 21.3 Å². The number of hydrogen-bond donors (Lipinski definition) is 1. The minimum atomic E-state index is 0.402. The molecule has 1 N–H and O–H groups in total. The number of pyridine rings is 1. The summed E-state index contributed by atoms with van der Waals surface area (Å²) in [6.45, 7) is 5.00. The molecule has 1 fully saturated rings. The van der Waals surface area contributed by atoms with Gasteiger partial charge in [-0.3, -0.25) is 9.88 Å². The standard InChI is InChI=1S/C27H28N4O5/c1-32-23-5-4-21(27-19(23)6-11-36-27)30-26-18(16-28)17-29-22-15-25(24(33-2)14-20(22)26)35-10-3-7-31-8-12-34-13-9-31/h4-6,11,14-15,17H,3,7-10,12-13H2,1-2H3,(H,29,30). The van der Waals surface area contributed by atoms with Gasteiger partial charge in [0.05, 0.1) is 68.1 Å². The second-order valence-electron chi connectivity index (χ2n) is 8.44. The molecule has 186 valence electrons. The number of nitrogens with one attached hydrogen (secondary N) is 1. The first kappa shape index (κ1) is 23.7. The van der Waals surface area contributed by atoms with Crippen LogP contribution in [-0.4, -0.2) is 63.6 Å². The molecular formula is C27H28N4O5. The summed E-state index contributed by atoms with van der Waals surface area (Å²) in [5.74, 6) is 1.90. The fourth-order valence-corrected chi connectivity index (χ4v) is 4.43. The van der Waals surface area contributed by atoms with Crippen molar-refractivity contribution in [3.63, 3.8) is 0 Å². The quantitative estimate of drug-likeness (QED) is 0.335. The van der Waals surface area contributed by atoms with Crippen LogP contribution in [0.5, 0.6) is 17.2 Å². The smallest absolute Gasteiger partial charge is 0.163 e. The largest absolute Gasteiger partial charge is 0.496 e. The summed E-state index contributed by atoms with van der Waals surface area (Å²) >= 11 is 0. The zero-order valence-electron chi connectivity index (χ0n) is 20.4. The van der Waals surface area contributed by atoms with Crippen LogP contribution in [0.4, 0.5) is 11.4 Å². The second kappa shape index (κ2) is 10.7. The Morgan fingerprint density at radius 2 is 1.89 bits per heavy atom. The molecule has 0 amide bonds. The van der Waals surface area contributed by atoms with Crippen molar-refractivity contribution >= 4 is 33.2 Å². The molecule has 1 saturated heterocycles. The van der Waals surface area contributed by atoms with Crippen LogP contribution in [0.25, 0.3) is 21.9 Å². The van der Waals surface area contributed by atoms with Crippen LogP contribution in [-0.2, 0) is 4.74 Å². The highest BCUT2D eigenvalue weighted by Crippen LogP contribution is 2.39. The lowest BCUT2D eigenvalue weighted by atomic mass is 10.1. The number of fused-ring (bicyclic) bond motifs is 2. The molecule has 0 unspecified atom stereocenters. The van der Waals surface area contributed by atoms with E-state index in [0.29, 0.717) is 51.9 Å². The van der Waals surface area contributed by atoms with Gasteiger partial charge in [-0.05, 0) is 30.7 Å². The molecule has 2 aromatic carbocycles. The van der Waals surface area contributed by atoms with Crippen molar-refractivity contribution in [1.82, 2.24) is 9.88 Å². The summed E-state index contributed by atoms with van der Waals surface area (Å²) in [7, 11) is 3.22. The summed E-state index contributed by atoms with van der Waals surface area (Å²) < 4.78 is 28.3. The molecule has 5 rings (SSSR count). The molecule has 36 heavy (non-hydrogen) atoms. The summed E-state index contributed by atoms with van der Waals surface area (Å²) in [5, 5.41) is 14.8. The molecule has 3 heterocycles. The minimum Gasteiger partial charge on any atom is -0.496 e. The van der Waals surface area contributed by atoms with Crippen LogP contribution >= 0.6 is 0 Å². The number of morpholine rings is 1. The van der Waals surface area contributed by atoms with Crippen LogP contribution in [0.3, 0.4) is 0 Å². The Bertz CT molecular complexity index is 1410. The SMILES string of the molecule is COc1cc2c(Nc3ccc(OC)c4ccoc34)c(C#N)cnc2cc1OCCCN1CCOCC1. The van der Waals surface area contributed by atoms with E-state index in [-0.39, 0.29) is 0 Å². The Kier molecular flexibility index (Phi) is 7.07. The van der Waals surface area contributed by atoms with Gasteiger partial charge in [0, 0.05) is 37.3 Å². The number of anilines is 2. The first-order valence-electron chi connectivity index (χ1n) is 11.9. The van der Waals surface area contributed by atoms with E-state index in [1.165, 1.54) is 0 Å². The van der Waals surface area contributed by atoms with E-state index in [1.54, 1.807) is 26.7 Å². The number of furan rings is 1. The molecule has 1 aliphatic rings. The van der Waals surface area contributed by atoms with Gasteiger partial charge in [-0.1, -0.05) is 0 Å². The van der Waals surface area contributed by atoms with Gasteiger partial charge in [-0.15, -0.1) is 0 Å². The average Bonchev–Trinajstić information content (AvgIpc) is 3.42. The molecule has 1 aliphatic heterocycles. The third-order valence-electron chi connectivity index (χ3n) is 6.31. The van der Waals surface area contributed by atoms with Crippen LogP contribution in [0.15, 0.2) is 47.2 Å². The third-order valence-corrected chi connectivity index (χ3v) is 6.31. The van der Waals surface area contributed by atoms with Gasteiger partial charge in [-0.25, -0.2) is 0 Å². The lowest BCUT2D eigenvalue weighted by Gasteiger charge is -2.26. The first-order valence-corrected chi connectivity index (χ1v) is 11.9. The van der Waals surface area contributed by atoms with Crippen LogP contribution in [0.1, 0.15) is 12.0 Å². The Morgan fingerprint density at radius 1 is 1.06 bits per heavy atom. The Labute approximate surface area is 209 Å². The maximum atomic E-state index is 9.80. The monoisotopic (exact) mass is 488 g/mol. The zero-order valence-corrected chi connectivity index (χ0v) is 20.4. The number of nitriles is 1. The molecular weight excluding hydrogens is 460 g/mol. The minimum absolute atomic E-state index is 0.402. The maximum Gasteiger partial charge on any atom is 0.163 e.